The van der Waals surface area contributed by atoms with Crippen LogP contribution in [0.5, 0.6) is 5.75 Å². The highest BCUT2D eigenvalue weighted by molar-refractivity contribution is 5.98. The Bertz CT molecular complexity index is 785. The summed E-state index contributed by atoms with van der Waals surface area (Å²) >= 11 is 0. The number of amides is 2. The van der Waals surface area contributed by atoms with E-state index >= 15 is 0 Å². The molecule has 2 amide bonds. The predicted octanol–water partition coefficient (Wildman–Crippen LogP) is 0.927. The molecule has 8 nitrogen and oxygen atoms in total. The van der Waals surface area contributed by atoms with E-state index in [9.17, 15) is 19.5 Å². The minimum absolute atomic E-state index is 0.0410. The number of aliphatic hydroxyl groups is 1. The zero-order chi connectivity index (χ0) is 20.5. The highest BCUT2D eigenvalue weighted by Gasteiger charge is 2.48. The van der Waals surface area contributed by atoms with Crippen molar-refractivity contribution in [3.63, 3.8) is 0 Å². The fraction of sp³-hybridized carbons (Fsp3) is 0.550. The van der Waals surface area contributed by atoms with Gasteiger partial charge in [-0.05, 0) is 37.5 Å². The number of esters is 1. The molecule has 28 heavy (non-hydrogen) atoms. The number of ether oxygens (including phenoxy) is 2. The van der Waals surface area contributed by atoms with Crippen LogP contribution in [0.25, 0.3) is 0 Å². The van der Waals surface area contributed by atoms with Crippen LogP contribution in [-0.2, 0) is 9.53 Å². The van der Waals surface area contributed by atoms with Crippen molar-refractivity contribution in [3.05, 3.63) is 29.3 Å². The fourth-order valence-electron chi connectivity index (χ4n) is 4.22. The molecule has 0 aromatic heterocycles. The Morgan fingerprint density at radius 3 is 2.39 bits per heavy atom. The summed E-state index contributed by atoms with van der Waals surface area (Å²) in [6.07, 6.45) is 0.912. The van der Waals surface area contributed by atoms with E-state index in [0.29, 0.717) is 50.2 Å². The molecule has 0 radical (unpaired) electrons. The second kappa shape index (κ2) is 7.79. The topological polar surface area (TPSA) is 96.4 Å². The summed E-state index contributed by atoms with van der Waals surface area (Å²) in [6, 6.07) is 4.60. The van der Waals surface area contributed by atoms with Gasteiger partial charge in [0.2, 0.25) is 5.91 Å². The summed E-state index contributed by atoms with van der Waals surface area (Å²) < 4.78 is 9.94. The van der Waals surface area contributed by atoms with Gasteiger partial charge in [-0.2, -0.15) is 0 Å². The normalized spacial score (nSPS) is 21.6. The molecule has 8 heteroatoms. The van der Waals surface area contributed by atoms with E-state index in [0.717, 1.165) is 0 Å². The lowest BCUT2D eigenvalue weighted by atomic mass is 9.71. The standard InChI is InChI=1S/C20H26N2O6/c1-21-12-15(23)11-20(19(21)26)4-6-22(7-5-20)17(24)13-8-14(18(25)28-3)10-16(9-13)27-2/h8-10,15,23H,4-7,11-12H2,1-3H3. The lowest BCUT2D eigenvalue weighted by Gasteiger charge is -2.47. The van der Waals surface area contributed by atoms with E-state index in [1.54, 1.807) is 22.9 Å². The number of rotatable bonds is 3. The van der Waals surface area contributed by atoms with E-state index in [2.05, 4.69) is 0 Å². The van der Waals surface area contributed by atoms with Gasteiger partial charge in [-0.3, -0.25) is 9.59 Å². The summed E-state index contributed by atoms with van der Waals surface area (Å²) in [7, 11) is 4.44. The van der Waals surface area contributed by atoms with Crippen molar-refractivity contribution in [3.8, 4) is 5.75 Å². The maximum absolute atomic E-state index is 13.0. The van der Waals surface area contributed by atoms with E-state index < -0.39 is 17.5 Å². The number of nitrogens with zero attached hydrogens (tertiary/aromatic N) is 2. The van der Waals surface area contributed by atoms with Gasteiger partial charge in [-0.25, -0.2) is 4.79 Å². The number of methoxy groups -OCH3 is 2. The molecule has 2 heterocycles. The number of carbonyl (C=O) groups excluding carboxylic acids is 3. The van der Waals surface area contributed by atoms with Crippen LogP contribution in [0.2, 0.25) is 0 Å². The van der Waals surface area contributed by atoms with Gasteiger partial charge in [0, 0.05) is 32.2 Å². The molecular weight excluding hydrogens is 364 g/mol. The smallest absolute Gasteiger partial charge is 0.338 e. The van der Waals surface area contributed by atoms with Crippen LogP contribution >= 0.6 is 0 Å². The molecule has 2 saturated heterocycles. The first-order valence-corrected chi connectivity index (χ1v) is 9.30. The zero-order valence-electron chi connectivity index (χ0n) is 16.4. The second-order valence-corrected chi connectivity index (χ2v) is 7.56. The number of piperidine rings is 2. The third-order valence-corrected chi connectivity index (χ3v) is 5.73. The van der Waals surface area contributed by atoms with Crippen LogP contribution < -0.4 is 4.74 Å². The molecule has 152 valence electrons. The molecule has 1 N–H and O–H groups in total. The summed E-state index contributed by atoms with van der Waals surface area (Å²) in [6.45, 7) is 1.18. The average molecular weight is 390 g/mol. The highest BCUT2D eigenvalue weighted by atomic mass is 16.5. The summed E-state index contributed by atoms with van der Waals surface area (Å²) in [5.41, 5.74) is -0.0249. The molecule has 2 fully saturated rings. The first kappa shape index (κ1) is 20.1. The number of β-amino-alcohol motifs (C(OH)–C–C–N with tert-alkyl or cyclic N) is 1. The number of likely N-dealkylation sites (N-methyl/N-ethyl adjacent to an activating group) is 1. The Morgan fingerprint density at radius 1 is 1.14 bits per heavy atom. The molecule has 0 bridgehead atoms. The second-order valence-electron chi connectivity index (χ2n) is 7.56. The Labute approximate surface area is 164 Å². The van der Waals surface area contributed by atoms with Crippen molar-refractivity contribution >= 4 is 17.8 Å². The van der Waals surface area contributed by atoms with Gasteiger partial charge < -0.3 is 24.4 Å². The van der Waals surface area contributed by atoms with E-state index in [1.165, 1.54) is 26.4 Å². The highest BCUT2D eigenvalue weighted by Crippen LogP contribution is 2.41. The minimum Gasteiger partial charge on any atom is -0.497 e. The zero-order valence-corrected chi connectivity index (χ0v) is 16.4. The number of benzene rings is 1. The number of carbonyl (C=O) groups is 3. The third kappa shape index (κ3) is 3.69. The summed E-state index contributed by atoms with van der Waals surface area (Å²) in [4.78, 5) is 40.8. The minimum atomic E-state index is -0.602. The largest absolute Gasteiger partial charge is 0.497 e. The van der Waals surface area contributed by atoms with Crippen molar-refractivity contribution in [2.75, 3.05) is 40.9 Å². The third-order valence-electron chi connectivity index (χ3n) is 5.73. The maximum atomic E-state index is 13.0. The number of hydrogen-bond donors (Lipinski definition) is 1. The molecule has 1 unspecified atom stereocenters. The van der Waals surface area contributed by atoms with Gasteiger partial charge in [0.25, 0.3) is 5.91 Å². The molecule has 1 aromatic carbocycles. The van der Waals surface area contributed by atoms with Crippen molar-refractivity contribution in [2.24, 2.45) is 5.41 Å². The van der Waals surface area contributed by atoms with Crippen LogP contribution in [0.1, 0.15) is 40.0 Å². The molecule has 1 atom stereocenters. The Balaban J connectivity index is 1.77. The first-order chi connectivity index (χ1) is 13.3. The number of hydrogen-bond acceptors (Lipinski definition) is 6. The van der Waals surface area contributed by atoms with E-state index in [1.807, 2.05) is 0 Å². The molecule has 0 saturated carbocycles. The molecule has 0 aliphatic carbocycles. The SMILES string of the molecule is COC(=O)c1cc(OC)cc(C(=O)N2CCC3(CC2)CC(O)CN(C)C3=O)c1. The molecular formula is C20H26N2O6. The van der Waals surface area contributed by atoms with Crippen LogP contribution in [0, 0.1) is 5.41 Å². The summed E-state index contributed by atoms with van der Waals surface area (Å²) in [5, 5.41) is 10.1. The first-order valence-electron chi connectivity index (χ1n) is 9.30. The van der Waals surface area contributed by atoms with Gasteiger partial charge >= 0.3 is 5.97 Å². The van der Waals surface area contributed by atoms with Crippen LogP contribution in [0.3, 0.4) is 0 Å². The van der Waals surface area contributed by atoms with Crippen molar-refractivity contribution in [2.45, 2.75) is 25.4 Å². The quantitative estimate of drug-likeness (QED) is 0.772. The van der Waals surface area contributed by atoms with E-state index in [4.69, 9.17) is 9.47 Å². The monoisotopic (exact) mass is 390 g/mol. The lowest BCUT2D eigenvalue weighted by molar-refractivity contribution is -0.154. The fourth-order valence-corrected chi connectivity index (χ4v) is 4.22. The van der Waals surface area contributed by atoms with E-state index in [-0.39, 0.29) is 17.4 Å². The van der Waals surface area contributed by atoms with Gasteiger partial charge in [-0.1, -0.05) is 0 Å². The lowest BCUT2D eigenvalue weighted by Crippen LogP contribution is -2.56. The Morgan fingerprint density at radius 2 is 1.79 bits per heavy atom. The summed E-state index contributed by atoms with van der Waals surface area (Å²) in [5.74, 6) is -0.336. The molecule has 1 spiro atoms. The van der Waals surface area contributed by atoms with Crippen LogP contribution in [0.15, 0.2) is 18.2 Å². The van der Waals surface area contributed by atoms with Gasteiger partial charge in [0.1, 0.15) is 5.75 Å². The van der Waals surface area contributed by atoms with Crippen molar-refractivity contribution in [1.29, 1.82) is 0 Å². The predicted molar refractivity (Wildman–Crippen MR) is 100 cm³/mol. The van der Waals surface area contributed by atoms with Gasteiger partial charge in [0.15, 0.2) is 0 Å². The number of likely N-dealkylation sites (tertiary alicyclic amines) is 2. The Kier molecular flexibility index (Phi) is 5.60. The molecule has 1 aromatic rings. The number of aliphatic hydroxyl groups excluding tert-OH is 1. The molecule has 2 aliphatic rings. The van der Waals surface area contributed by atoms with Crippen LogP contribution in [-0.4, -0.2) is 79.7 Å². The van der Waals surface area contributed by atoms with Gasteiger partial charge in [0.05, 0.1) is 31.3 Å². The molecule has 3 rings (SSSR count). The molecule has 2 aliphatic heterocycles. The van der Waals surface area contributed by atoms with Crippen molar-refractivity contribution < 1.29 is 29.0 Å². The van der Waals surface area contributed by atoms with Crippen LogP contribution in [0.4, 0.5) is 0 Å². The van der Waals surface area contributed by atoms with Gasteiger partial charge in [-0.15, -0.1) is 0 Å². The average Bonchev–Trinajstić information content (AvgIpc) is 2.71. The van der Waals surface area contributed by atoms with Crippen molar-refractivity contribution in [1.82, 2.24) is 9.80 Å². The maximum Gasteiger partial charge on any atom is 0.338 e. The Hall–Kier alpha value is -2.61.